The third kappa shape index (κ3) is 2.32. The van der Waals surface area contributed by atoms with Crippen LogP contribution in [0, 0.1) is 0 Å². The van der Waals surface area contributed by atoms with Crippen molar-refractivity contribution in [2.45, 2.75) is 6.42 Å². The summed E-state index contributed by atoms with van der Waals surface area (Å²) >= 11 is 0. The van der Waals surface area contributed by atoms with Crippen LogP contribution in [0.5, 0.6) is 0 Å². The molecule has 0 N–H and O–H groups in total. The number of nitrogens with zero attached hydrogens (tertiary/aromatic N) is 4. The van der Waals surface area contributed by atoms with Gasteiger partial charge >= 0.3 is 5.97 Å². The molecule has 88 valence electrons. The number of hydrogen-bond donors (Lipinski definition) is 0. The van der Waals surface area contributed by atoms with Crippen LogP contribution in [0.25, 0.3) is 10.4 Å². The maximum Gasteiger partial charge on any atom is 0.325 e. The summed E-state index contributed by atoms with van der Waals surface area (Å²) in [5.74, 6) is -0.271. The molecule has 2 rings (SSSR count). The van der Waals surface area contributed by atoms with Crippen molar-refractivity contribution < 1.29 is 9.53 Å². The normalized spacial score (nSPS) is 12.9. The summed E-state index contributed by atoms with van der Waals surface area (Å²) in [4.78, 5) is 15.9. The van der Waals surface area contributed by atoms with E-state index in [2.05, 4.69) is 14.8 Å². The molecule has 1 heterocycles. The maximum atomic E-state index is 11.2. The summed E-state index contributed by atoms with van der Waals surface area (Å²) in [7, 11) is 1.37. The topological polar surface area (TPSA) is 78.3 Å². The number of hydrogen-bond acceptors (Lipinski definition) is 4. The molecule has 0 bridgehead atoms. The van der Waals surface area contributed by atoms with Gasteiger partial charge in [-0.15, -0.1) is 0 Å². The van der Waals surface area contributed by atoms with E-state index in [9.17, 15) is 4.79 Å². The number of rotatable bonds is 3. The van der Waals surface area contributed by atoms with E-state index in [0.29, 0.717) is 5.69 Å². The molecule has 1 aliphatic rings. The van der Waals surface area contributed by atoms with E-state index < -0.39 is 0 Å². The van der Waals surface area contributed by atoms with E-state index in [1.54, 1.807) is 12.1 Å². The Hall–Kier alpha value is -2.20. The monoisotopic (exact) mass is 232 g/mol. The fraction of sp³-hybridized carbons (Fsp3) is 0.364. The van der Waals surface area contributed by atoms with E-state index in [1.165, 1.54) is 7.11 Å². The first-order valence-electron chi connectivity index (χ1n) is 5.24. The number of methoxy groups -OCH3 is 1. The fourth-order valence-electron chi connectivity index (χ4n) is 1.93. The largest absolute Gasteiger partial charge is 0.468 e. The van der Waals surface area contributed by atoms with Crippen molar-refractivity contribution in [1.29, 1.82) is 0 Å². The molecule has 0 aliphatic carbocycles. The second-order valence-electron chi connectivity index (χ2n) is 3.75. The van der Waals surface area contributed by atoms with E-state index in [0.717, 1.165) is 24.2 Å². The summed E-state index contributed by atoms with van der Waals surface area (Å²) in [6, 6.07) is 5.50. The Balaban J connectivity index is 2.25. The second-order valence-corrected chi connectivity index (χ2v) is 3.75. The highest BCUT2D eigenvalue weighted by Gasteiger charge is 2.21. The second kappa shape index (κ2) is 4.76. The van der Waals surface area contributed by atoms with Gasteiger partial charge in [0.2, 0.25) is 0 Å². The van der Waals surface area contributed by atoms with Crippen LogP contribution in [-0.4, -0.2) is 26.2 Å². The van der Waals surface area contributed by atoms with Gasteiger partial charge in [-0.05, 0) is 23.6 Å². The Morgan fingerprint density at radius 1 is 1.65 bits per heavy atom. The standard InChI is InChI=1S/C11H12N4O2/c1-17-11(16)7-15-5-4-8-2-3-9(13-14-12)6-10(8)15/h2-3,6H,4-5,7H2,1H3. The maximum absolute atomic E-state index is 11.2. The van der Waals surface area contributed by atoms with E-state index in [1.807, 2.05) is 11.0 Å². The molecular formula is C11H12N4O2. The Bertz CT molecular complexity index is 494. The first-order valence-corrected chi connectivity index (χ1v) is 5.24. The van der Waals surface area contributed by atoms with Gasteiger partial charge in [-0.2, -0.15) is 0 Å². The quantitative estimate of drug-likeness (QED) is 0.346. The van der Waals surface area contributed by atoms with E-state index in [-0.39, 0.29) is 12.5 Å². The minimum atomic E-state index is -0.271. The molecule has 0 fully saturated rings. The highest BCUT2D eigenvalue weighted by molar-refractivity contribution is 5.78. The third-order valence-electron chi connectivity index (χ3n) is 2.77. The minimum Gasteiger partial charge on any atom is -0.468 e. The smallest absolute Gasteiger partial charge is 0.325 e. The molecule has 0 saturated carbocycles. The van der Waals surface area contributed by atoms with Crippen LogP contribution in [0.2, 0.25) is 0 Å². The molecule has 6 nitrogen and oxygen atoms in total. The van der Waals surface area contributed by atoms with Crippen molar-refractivity contribution in [3.8, 4) is 0 Å². The molecule has 0 unspecified atom stereocenters. The SMILES string of the molecule is COC(=O)CN1CCc2ccc(N=[N+]=[N-])cc21. The zero-order chi connectivity index (χ0) is 12.3. The molecule has 0 amide bonds. The lowest BCUT2D eigenvalue weighted by atomic mass is 10.1. The van der Waals surface area contributed by atoms with Crippen LogP contribution in [0.3, 0.4) is 0 Å². The number of benzene rings is 1. The van der Waals surface area contributed by atoms with Gasteiger partial charge in [0.25, 0.3) is 0 Å². The average molecular weight is 232 g/mol. The van der Waals surface area contributed by atoms with Crippen molar-refractivity contribution in [2.24, 2.45) is 5.11 Å². The van der Waals surface area contributed by atoms with Crippen LogP contribution in [0.1, 0.15) is 5.56 Å². The van der Waals surface area contributed by atoms with Crippen LogP contribution >= 0.6 is 0 Å². The van der Waals surface area contributed by atoms with Gasteiger partial charge in [0, 0.05) is 22.8 Å². The number of carbonyl (C=O) groups excluding carboxylic acids is 1. The van der Waals surface area contributed by atoms with Gasteiger partial charge in [-0.25, -0.2) is 0 Å². The molecule has 6 heteroatoms. The number of azide groups is 1. The first-order chi connectivity index (χ1) is 8.24. The molecule has 0 radical (unpaired) electrons. The Labute approximate surface area is 98.4 Å². The highest BCUT2D eigenvalue weighted by Crippen LogP contribution is 2.31. The molecule has 1 aromatic carbocycles. The van der Waals surface area contributed by atoms with Gasteiger partial charge in [-0.3, -0.25) is 4.79 Å². The van der Waals surface area contributed by atoms with Gasteiger partial charge in [0.1, 0.15) is 6.54 Å². The molecule has 17 heavy (non-hydrogen) atoms. The molecule has 0 saturated heterocycles. The third-order valence-corrected chi connectivity index (χ3v) is 2.77. The summed E-state index contributed by atoms with van der Waals surface area (Å²) in [5.41, 5.74) is 11.0. The molecule has 1 aromatic rings. The van der Waals surface area contributed by atoms with Gasteiger partial charge in [0.15, 0.2) is 0 Å². The molecule has 1 aliphatic heterocycles. The van der Waals surface area contributed by atoms with Crippen molar-refractivity contribution in [2.75, 3.05) is 25.1 Å². The van der Waals surface area contributed by atoms with Crippen molar-refractivity contribution in [3.63, 3.8) is 0 Å². The average Bonchev–Trinajstić information content (AvgIpc) is 2.72. The first kappa shape index (κ1) is 11.3. The van der Waals surface area contributed by atoms with E-state index in [4.69, 9.17) is 5.53 Å². The lowest BCUT2D eigenvalue weighted by molar-refractivity contribution is -0.138. The van der Waals surface area contributed by atoms with Crippen LogP contribution < -0.4 is 4.90 Å². The predicted molar refractivity (Wildman–Crippen MR) is 63.2 cm³/mol. The highest BCUT2D eigenvalue weighted by atomic mass is 16.5. The van der Waals surface area contributed by atoms with Crippen molar-refractivity contribution in [3.05, 3.63) is 34.2 Å². The van der Waals surface area contributed by atoms with Crippen molar-refractivity contribution in [1.82, 2.24) is 0 Å². The Morgan fingerprint density at radius 3 is 3.18 bits per heavy atom. The lowest BCUT2D eigenvalue weighted by Gasteiger charge is -2.17. The van der Waals surface area contributed by atoms with Crippen LogP contribution in [0.4, 0.5) is 11.4 Å². The fourth-order valence-corrected chi connectivity index (χ4v) is 1.93. The molecule has 0 atom stereocenters. The number of carbonyl (C=O) groups is 1. The van der Waals surface area contributed by atoms with Gasteiger partial charge in [-0.1, -0.05) is 17.2 Å². The number of ether oxygens (including phenoxy) is 1. The number of fused-ring (bicyclic) bond motifs is 1. The van der Waals surface area contributed by atoms with E-state index >= 15 is 0 Å². The lowest BCUT2D eigenvalue weighted by Crippen LogP contribution is -2.28. The van der Waals surface area contributed by atoms with Crippen LogP contribution in [-0.2, 0) is 16.0 Å². The summed E-state index contributed by atoms with van der Waals surface area (Å²) in [6.07, 6.45) is 0.892. The Kier molecular flexibility index (Phi) is 3.16. The summed E-state index contributed by atoms with van der Waals surface area (Å²) < 4.78 is 4.64. The summed E-state index contributed by atoms with van der Waals surface area (Å²) in [5, 5.41) is 3.56. The zero-order valence-electron chi connectivity index (χ0n) is 9.46. The zero-order valence-corrected chi connectivity index (χ0v) is 9.46. The van der Waals surface area contributed by atoms with Crippen LogP contribution in [0.15, 0.2) is 23.3 Å². The predicted octanol–water partition coefficient (Wildman–Crippen LogP) is 2.16. The molecule has 0 aromatic heterocycles. The van der Waals surface area contributed by atoms with Gasteiger partial charge < -0.3 is 9.64 Å². The minimum absolute atomic E-state index is 0.225. The Morgan fingerprint density at radius 2 is 2.47 bits per heavy atom. The number of esters is 1. The molecule has 0 spiro atoms. The van der Waals surface area contributed by atoms with Gasteiger partial charge in [0.05, 0.1) is 7.11 Å². The van der Waals surface area contributed by atoms with Crippen molar-refractivity contribution >= 4 is 17.3 Å². The molecular weight excluding hydrogens is 220 g/mol. The summed E-state index contributed by atoms with van der Waals surface area (Å²) in [6.45, 7) is 1.01. The number of anilines is 1.